The topological polar surface area (TPSA) is 57.2 Å². The molecule has 0 fully saturated rings. The SMILES string of the molecule is CCSc1ccc([C@@H](CO[Si](C)(C)C(C)(C)C)N[S+]([O-])C(C)(C)C)nc1. The molecule has 1 heterocycles. The number of pyridine rings is 1. The van der Waals surface area contributed by atoms with Crippen LogP contribution in [0.15, 0.2) is 23.2 Å². The predicted molar refractivity (Wildman–Crippen MR) is 118 cm³/mol. The van der Waals surface area contributed by atoms with E-state index in [0.29, 0.717) is 6.61 Å². The Kier molecular flexibility index (Phi) is 8.70. The quantitative estimate of drug-likeness (QED) is 0.353. The van der Waals surface area contributed by atoms with E-state index in [1.165, 1.54) is 0 Å². The summed E-state index contributed by atoms with van der Waals surface area (Å²) in [6, 6.07) is 3.91. The van der Waals surface area contributed by atoms with Crippen LogP contribution in [0.2, 0.25) is 18.1 Å². The van der Waals surface area contributed by atoms with Crippen molar-refractivity contribution in [3.63, 3.8) is 0 Å². The lowest BCUT2D eigenvalue weighted by atomic mass is 10.2. The number of hydrogen-bond acceptors (Lipinski definition) is 5. The molecule has 1 N–H and O–H groups in total. The van der Waals surface area contributed by atoms with Gasteiger partial charge in [0, 0.05) is 22.5 Å². The average molecular weight is 417 g/mol. The van der Waals surface area contributed by atoms with Crippen molar-refractivity contribution >= 4 is 31.4 Å². The first-order valence-corrected chi connectivity index (χ1v) is 14.2. The molecular weight excluding hydrogens is 380 g/mol. The third-order valence-corrected chi connectivity index (χ3v) is 11.6. The third kappa shape index (κ3) is 7.17. The van der Waals surface area contributed by atoms with Gasteiger partial charge in [0.15, 0.2) is 8.32 Å². The van der Waals surface area contributed by atoms with Crippen LogP contribution in [-0.2, 0) is 15.8 Å². The normalized spacial score (nSPS) is 15.8. The molecule has 26 heavy (non-hydrogen) atoms. The molecule has 0 saturated heterocycles. The van der Waals surface area contributed by atoms with Crippen molar-refractivity contribution in [3.05, 3.63) is 24.0 Å². The van der Waals surface area contributed by atoms with E-state index in [-0.39, 0.29) is 15.8 Å². The van der Waals surface area contributed by atoms with Crippen molar-refractivity contribution in [1.29, 1.82) is 0 Å². The molecule has 0 bridgehead atoms. The van der Waals surface area contributed by atoms with Gasteiger partial charge in [-0.05, 0) is 56.8 Å². The molecule has 0 saturated carbocycles. The predicted octanol–water partition coefficient (Wildman–Crippen LogP) is 5.31. The Hall–Kier alpha value is -0.0531. The zero-order chi connectivity index (χ0) is 20.2. The Balaban J connectivity index is 2.98. The van der Waals surface area contributed by atoms with Gasteiger partial charge in [-0.2, -0.15) is 0 Å². The Bertz CT molecular complexity index is 554. The molecule has 0 spiro atoms. The van der Waals surface area contributed by atoms with Gasteiger partial charge in [-0.25, -0.2) is 0 Å². The lowest BCUT2D eigenvalue weighted by Crippen LogP contribution is -2.46. The van der Waals surface area contributed by atoms with Crippen LogP contribution in [0.25, 0.3) is 0 Å². The second kappa shape index (κ2) is 9.43. The maximum atomic E-state index is 12.7. The van der Waals surface area contributed by atoms with Gasteiger partial charge in [-0.15, -0.1) is 16.5 Å². The first-order valence-electron chi connectivity index (χ1n) is 9.18. The molecule has 7 heteroatoms. The van der Waals surface area contributed by atoms with Crippen LogP contribution in [0, 0.1) is 0 Å². The summed E-state index contributed by atoms with van der Waals surface area (Å²) in [5.41, 5.74) is 0.877. The van der Waals surface area contributed by atoms with Crippen molar-refractivity contribution in [2.75, 3.05) is 12.4 Å². The largest absolute Gasteiger partial charge is 0.598 e. The fraction of sp³-hybridized carbons (Fsp3) is 0.737. The Morgan fingerprint density at radius 1 is 1.23 bits per heavy atom. The van der Waals surface area contributed by atoms with E-state index in [4.69, 9.17) is 4.43 Å². The second-order valence-corrected chi connectivity index (χ2v) is 17.1. The standard InChI is InChI=1S/C19H36N2O2S2Si/c1-10-24-15-11-12-16(20-13-15)17(21-25(22)18(2,3)4)14-23-26(8,9)19(5,6)7/h11-13,17,21H,10,14H2,1-9H3/t17-,25?/m1/s1. The molecule has 0 amide bonds. The second-order valence-electron chi connectivity index (χ2n) is 8.97. The van der Waals surface area contributed by atoms with Gasteiger partial charge in [0.2, 0.25) is 0 Å². The highest BCUT2D eigenvalue weighted by Gasteiger charge is 2.39. The smallest absolute Gasteiger partial charge is 0.192 e. The number of nitrogens with one attached hydrogen (secondary N) is 1. The molecule has 0 radical (unpaired) electrons. The summed E-state index contributed by atoms with van der Waals surface area (Å²) in [6.45, 7) is 19.7. The van der Waals surface area contributed by atoms with Crippen LogP contribution in [0.5, 0.6) is 0 Å². The molecule has 0 aromatic carbocycles. The molecule has 0 aliphatic rings. The summed E-state index contributed by atoms with van der Waals surface area (Å²) in [5, 5.41) is 0.135. The first-order chi connectivity index (χ1) is 11.8. The number of hydrogen-bond donors (Lipinski definition) is 1. The molecule has 1 unspecified atom stereocenters. The van der Waals surface area contributed by atoms with E-state index in [1.807, 2.05) is 33.0 Å². The molecule has 0 aliphatic heterocycles. The number of rotatable bonds is 8. The summed E-state index contributed by atoms with van der Waals surface area (Å²) in [7, 11) is -1.89. The molecular formula is C19H36N2O2S2Si. The fourth-order valence-electron chi connectivity index (χ4n) is 1.84. The van der Waals surface area contributed by atoms with Crippen molar-refractivity contribution in [3.8, 4) is 0 Å². The van der Waals surface area contributed by atoms with Gasteiger partial charge in [0.05, 0.1) is 12.3 Å². The van der Waals surface area contributed by atoms with Crippen LogP contribution < -0.4 is 4.72 Å². The monoisotopic (exact) mass is 416 g/mol. The van der Waals surface area contributed by atoms with Crippen LogP contribution in [0.4, 0.5) is 0 Å². The van der Waals surface area contributed by atoms with E-state index in [0.717, 1.165) is 16.3 Å². The Morgan fingerprint density at radius 2 is 1.85 bits per heavy atom. The lowest BCUT2D eigenvalue weighted by Gasteiger charge is -2.37. The zero-order valence-electron chi connectivity index (χ0n) is 17.8. The maximum absolute atomic E-state index is 12.7. The molecule has 2 atom stereocenters. The molecule has 1 aromatic rings. The summed E-state index contributed by atoms with van der Waals surface area (Å²) >= 11 is 0.582. The summed E-state index contributed by atoms with van der Waals surface area (Å²) in [6.07, 6.45) is 1.89. The number of aromatic nitrogens is 1. The lowest BCUT2D eigenvalue weighted by molar-refractivity contribution is 0.254. The number of thioether (sulfide) groups is 1. The van der Waals surface area contributed by atoms with Crippen molar-refractivity contribution in [1.82, 2.24) is 9.71 Å². The molecule has 1 aromatic heterocycles. The third-order valence-electron chi connectivity index (χ3n) is 4.65. The number of nitrogens with zero attached hydrogens (tertiary/aromatic N) is 1. The van der Waals surface area contributed by atoms with Gasteiger partial charge in [0.25, 0.3) is 0 Å². The average Bonchev–Trinajstić information content (AvgIpc) is 2.50. The minimum atomic E-state index is -1.89. The van der Waals surface area contributed by atoms with E-state index in [1.54, 1.807) is 11.8 Å². The fourth-order valence-corrected chi connectivity index (χ4v) is 4.29. The summed E-state index contributed by atoms with van der Waals surface area (Å²) in [4.78, 5) is 5.76. The summed E-state index contributed by atoms with van der Waals surface area (Å²) in [5.74, 6) is 1.02. The minimum Gasteiger partial charge on any atom is -0.598 e. The summed E-state index contributed by atoms with van der Waals surface area (Å²) < 4.78 is 22.0. The Morgan fingerprint density at radius 3 is 2.27 bits per heavy atom. The van der Waals surface area contributed by atoms with Crippen LogP contribution >= 0.6 is 11.8 Å². The highest BCUT2D eigenvalue weighted by Crippen LogP contribution is 2.37. The molecule has 150 valence electrons. The molecule has 4 nitrogen and oxygen atoms in total. The van der Waals surface area contributed by atoms with Gasteiger partial charge in [-0.3, -0.25) is 4.98 Å². The van der Waals surface area contributed by atoms with Crippen molar-refractivity contribution in [2.24, 2.45) is 0 Å². The van der Waals surface area contributed by atoms with Crippen LogP contribution in [0.1, 0.15) is 60.2 Å². The van der Waals surface area contributed by atoms with Gasteiger partial charge >= 0.3 is 0 Å². The molecule has 1 rings (SSSR count). The Labute approximate surface area is 168 Å². The van der Waals surface area contributed by atoms with Crippen LogP contribution in [-0.4, -0.2) is 35.0 Å². The first kappa shape index (κ1) is 24.0. The van der Waals surface area contributed by atoms with Crippen molar-refractivity contribution < 1.29 is 8.98 Å². The van der Waals surface area contributed by atoms with E-state index in [2.05, 4.69) is 56.6 Å². The van der Waals surface area contributed by atoms with Gasteiger partial charge in [-0.1, -0.05) is 27.7 Å². The van der Waals surface area contributed by atoms with Gasteiger partial charge < -0.3 is 8.98 Å². The highest BCUT2D eigenvalue weighted by atomic mass is 32.2. The minimum absolute atomic E-state index is 0.135. The molecule has 0 aliphatic carbocycles. The maximum Gasteiger partial charge on any atom is 0.192 e. The van der Waals surface area contributed by atoms with E-state index >= 15 is 0 Å². The van der Waals surface area contributed by atoms with Crippen molar-refractivity contribution in [2.45, 2.75) is 82.3 Å². The van der Waals surface area contributed by atoms with E-state index in [9.17, 15) is 4.55 Å². The van der Waals surface area contributed by atoms with Gasteiger partial charge in [0.1, 0.15) is 10.8 Å². The highest BCUT2D eigenvalue weighted by molar-refractivity contribution is 7.99. The van der Waals surface area contributed by atoms with E-state index < -0.39 is 19.7 Å². The van der Waals surface area contributed by atoms with Crippen LogP contribution in [0.3, 0.4) is 0 Å². The zero-order valence-corrected chi connectivity index (χ0v) is 20.4.